The van der Waals surface area contributed by atoms with Gasteiger partial charge in [-0.3, -0.25) is 4.90 Å². The number of carbonyl (C=O) groups excluding carboxylic acids is 1. The average Bonchev–Trinajstić information content (AvgIpc) is 3.02. The van der Waals surface area contributed by atoms with Gasteiger partial charge in [0.1, 0.15) is 11.4 Å². The van der Waals surface area contributed by atoms with Crippen LogP contribution in [0.5, 0.6) is 0 Å². The van der Waals surface area contributed by atoms with Gasteiger partial charge in [-0.25, -0.2) is 9.18 Å². The number of aliphatic hydroxyl groups is 1. The minimum atomic E-state index is -0.863. The number of ether oxygens (including phenoxy) is 1. The summed E-state index contributed by atoms with van der Waals surface area (Å²) in [5.41, 5.74) is -0.553. The normalized spacial score (nSPS) is 29.5. The largest absolute Gasteiger partial charge is 0.444 e. The second-order valence-electron chi connectivity index (χ2n) is 8.90. The number of halogens is 1. The molecule has 6 heteroatoms. The molecule has 2 N–H and O–H groups in total. The van der Waals surface area contributed by atoms with Crippen LogP contribution in [-0.4, -0.2) is 46.9 Å². The highest BCUT2D eigenvalue weighted by molar-refractivity contribution is 5.68. The second kappa shape index (κ2) is 7.76. The summed E-state index contributed by atoms with van der Waals surface area (Å²) >= 11 is 0. The van der Waals surface area contributed by atoms with E-state index in [1.54, 1.807) is 12.1 Å². The maximum absolute atomic E-state index is 13.1. The minimum Gasteiger partial charge on any atom is -0.444 e. The molecule has 1 saturated carbocycles. The molecule has 150 valence electrons. The van der Waals surface area contributed by atoms with E-state index in [1.807, 2.05) is 20.8 Å². The molecule has 27 heavy (non-hydrogen) atoms. The van der Waals surface area contributed by atoms with Crippen LogP contribution >= 0.6 is 0 Å². The molecule has 0 bridgehead atoms. The first-order valence-electron chi connectivity index (χ1n) is 9.87. The van der Waals surface area contributed by atoms with Crippen molar-refractivity contribution in [1.29, 1.82) is 0 Å². The number of nitrogens with one attached hydrogen (secondary N) is 1. The number of hydrogen-bond donors (Lipinski definition) is 2. The van der Waals surface area contributed by atoms with Gasteiger partial charge in [0.15, 0.2) is 0 Å². The molecule has 1 aliphatic carbocycles. The third-order valence-corrected chi connectivity index (χ3v) is 5.62. The first kappa shape index (κ1) is 20.1. The molecule has 1 atom stereocenters. The molecule has 1 aromatic rings. The molecular weight excluding hydrogens is 347 g/mol. The third-order valence-electron chi connectivity index (χ3n) is 5.62. The van der Waals surface area contributed by atoms with Crippen molar-refractivity contribution in [2.45, 2.75) is 76.2 Å². The lowest BCUT2D eigenvalue weighted by Crippen LogP contribution is -2.44. The molecule has 0 spiro atoms. The monoisotopic (exact) mass is 378 g/mol. The number of hydrogen-bond acceptors (Lipinski definition) is 4. The van der Waals surface area contributed by atoms with Crippen molar-refractivity contribution in [3.8, 4) is 0 Å². The van der Waals surface area contributed by atoms with E-state index in [4.69, 9.17) is 4.74 Å². The van der Waals surface area contributed by atoms with Gasteiger partial charge in [0.2, 0.25) is 0 Å². The molecule has 1 saturated heterocycles. The Kier molecular flexibility index (Phi) is 5.77. The van der Waals surface area contributed by atoms with Crippen LogP contribution in [0.3, 0.4) is 0 Å². The van der Waals surface area contributed by atoms with Crippen molar-refractivity contribution < 1.29 is 19.0 Å². The summed E-state index contributed by atoms with van der Waals surface area (Å²) < 4.78 is 18.5. The fraction of sp³-hybridized carbons (Fsp3) is 0.667. The lowest BCUT2D eigenvalue weighted by molar-refractivity contribution is -0.0224. The zero-order chi connectivity index (χ0) is 19.7. The molecule has 2 fully saturated rings. The molecule has 1 aliphatic heterocycles. The highest BCUT2D eigenvalue weighted by Gasteiger charge is 2.38. The van der Waals surface area contributed by atoms with E-state index < -0.39 is 11.2 Å². The summed E-state index contributed by atoms with van der Waals surface area (Å²) in [7, 11) is 0. The van der Waals surface area contributed by atoms with Gasteiger partial charge in [-0.1, -0.05) is 12.1 Å². The molecule has 1 aromatic carbocycles. The molecule has 0 radical (unpaired) electrons. The summed E-state index contributed by atoms with van der Waals surface area (Å²) in [5.74, 6) is -0.281. The fourth-order valence-electron chi connectivity index (χ4n) is 4.21. The fourth-order valence-corrected chi connectivity index (χ4v) is 4.21. The summed E-state index contributed by atoms with van der Waals surface area (Å²) in [4.78, 5) is 14.4. The molecule has 0 unspecified atom stereocenters. The number of alkyl carbamates (subject to hydrolysis) is 1. The van der Waals surface area contributed by atoms with E-state index in [2.05, 4.69) is 10.2 Å². The Balaban J connectivity index is 1.49. The zero-order valence-electron chi connectivity index (χ0n) is 16.5. The maximum Gasteiger partial charge on any atom is 0.407 e. The molecule has 2 aliphatic rings. The Morgan fingerprint density at radius 3 is 2.44 bits per heavy atom. The van der Waals surface area contributed by atoms with Crippen molar-refractivity contribution in [1.82, 2.24) is 10.2 Å². The van der Waals surface area contributed by atoms with Crippen molar-refractivity contribution in [2.75, 3.05) is 13.1 Å². The Hall–Kier alpha value is -1.66. The standard InChI is InChI=1S/C21H31FN2O3/c1-20(2,3)27-19(25)23-17-10-13-24(14-17)18-8-11-21(26,12-9-18)15-4-6-16(22)7-5-15/h4-7,17-18,26H,8-14H2,1-3H3,(H,23,25)/t17-,18?,21?/m1/s1. The number of nitrogens with zero attached hydrogens (tertiary/aromatic N) is 1. The molecular formula is C21H31FN2O3. The topological polar surface area (TPSA) is 61.8 Å². The number of rotatable bonds is 3. The minimum absolute atomic E-state index is 0.109. The van der Waals surface area contributed by atoms with Crippen molar-refractivity contribution in [3.05, 3.63) is 35.6 Å². The molecule has 3 rings (SSSR count). The molecule has 5 nitrogen and oxygen atoms in total. The Labute approximate surface area is 160 Å². The van der Waals surface area contributed by atoms with Gasteiger partial charge >= 0.3 is 6.09 Å². The summed E-state index contributed by atoms with van der Waals surface area (Å²) in [6.45, 7) is 7.34. The van der Waals surface area contributed by atoms with Gasteiger partial charge in [-0.05, 0) is 70.6 Å². The summed E-state index contributed by atoms with van der Waals surface area (Å²) in [6.07, 6.45) is 3.69. The second-order valence-corrected chi connectivity index (χ2v) is 8.90. The highest BCUT2D eigenvalue weighted by atomic mass is 19.1. The van der Waals surface area contributed by atoms with Gasteiger partial charge < -0.3 is 15.2 Å². The van der Waals surface area contributed by atoms with Gasteiger partial charge in [0.25, 0.3) is 0 Å². The average molecular weight is 378 g/mol. The Morgan fingerprint density at radius 1 is 1.22 bits per heavy atom. The molecule has 1 heterocycles. The van der Waals surface area contributed by atoms with Crippen LogP contribution in [-0.2, 0) is 10.3 Å². The maximum atomic E-state index is 13.1. The van der Waals surface area contributed by atoms with E-state index in [0.717, 1.165) is 37.9 Å². The lowest BCUT2D eigenvalue weighted by Gasteiger charge is -2.40. The van der Waals surface area contributed by atoms with Crippen LogP contribution < -0.4 is 5.32 Å². The van der Waals surface area contributed by atoms with Crippen molar-refractivity contribution in [2.24, 2.45) is 0 Å². The van der Waals surface area contributed by atoms with Crippen LogP contribution in [0.1, 0.15) is 58.4 Å². The van der Waals surface area contributed by atoms with Gasteiger partial charge in [0, 0.05) is 25.2 Å². The van der Waals surface area contributed by atoms with Crippen LogP contribution in [0, 0.1) is 5.82 Å². The van der Waals surface area contributed by atoms with Crippen LogP contribution in [0.2, 0.25) is 0 Å². The van der Waals surface area contributed by atoms with Gasteiger partial charge in [-0.15, -0.1) is 0 Å². The Bertz CT molecular complexity index is 648. The zero-order valence-corrected chi connectivity index (χ0v) is 16.5. The summed E-state index contributed by atoms with van der Waals surface area (Å²) in [6, 6.07) is 6.71. The van der Waals surface area contributed by atoms with E-state index in [0.29, 0.717) is 18.9 Å². The van der Waals surface area contributed by atoms with Crippen LogP contribution in [0.15, 0.2) is 24.3 Å². The van der Waals surface area contributed by atoms with E-state index in [9.17, 15) is 14.3 Å². The van der Waals surface area contributed by atoms with E-state index in [1.165, 1.54) is 12.1 Å². The lowest BCUT2D eigenvalue weighted by atomic mass is 9.77. The van der Waals surface area contributed by atoms with Crippen LogP contribution in [0.4, 0.5) is 9.18 Å². The van der Waals surface area contributed by atoms with Gasteiger partial charge in [0.05, 0.1) is 5.60 Å². The molecule has 1 amide bonds. The highest BCUT2D eigenvalue weighted by Crippen LogP contribution is 2.39. The predicted octanol–water partition coefficient (Wildman–Crippen LogP) is 3.55. The van der Waals surface area contributed by atoms with Crippen LogP contribution in [0.25, 0.3) is 0 Å². The van der Waals surface area contributed by atoms with Gasteiger partial charge in [-0.2, -0.15) is 0 Å². The van der Waals surface area contributed by atoms with Crippen molar-refractivity contribution >= 4 is 6.09 Å². The number of amides is 1. The summed E-state index contributed by atoms with van der Waals surface area (Å²) in [5, 5.41) is 13.9. The smallest absolute Gasteiger partial charge is 0.407 e. The SMILES string of the molecule is CC(C)(C)OC(=O)N[C@@H]1CCN(C2CCC(O)(c3ccc(F)cc3)CC2)C1. The predicted molar refractivity (Wildman–Crippen MR) is 102 cm³/mol. The first-order valence-corrected chi connectivity index (χ1v) is 9.87. The molecule has 0 aromatic heterocycles. The number of likely N-dealkylation sites (tertiary alicyclic amines) is 1. The van der Waals surface area contributed by atoms with E-state index in [-0.39, 0.29) is 18.0 Å². The Morgan fingerprint density at radius 2 is 1.85 bits per heavy atom. The quantitative estimate of drug-likeness (QED) is 0.844. The first-order chi connectivity index (χ1) is 12.6. The number of carbonyl (C=O) groups is 1. The van der Waals surface area contributed by atoms with Crippen molar-refractivity contribution in [3.63, 3.8) is 0 Å². The third kappa shape index (κ3) is 5.20. The number of benzene rings is 1. The van der Waals surface area contributed by atoms with E-state index >= 15 is 0 Å².